The molecule has 0 aromatic carbocycles. The van der Waals surface area contributed by atoms with Gasteiger partial charge in [-0.15, -0.1) is 10.2 Å². The zero-order valence-electron chi connectivity index (χ0n) is 8.50. The second kappa shape index (κ2) is 3.39. The summed E-state index contributed by atoms with van der Waals surface area (Å²) < 4.78 is 0. The molecule has 2 rings (SSSR count). The third kappa shape index (κ3) is 1.69. The Bertz CT molecular complexity index is 321. The van der Waals surface area contributed by atoms with Crippen molar-refractivity contribution in [2.75, 3.05) is 11.4 Å². The number of hydrogen-bond acceptors (Lipinski definition) is 3. The summed E-state index contributed by atoms with van der Waals surface area (Å²) in [6, 6.07) is 3.72. The highest BCUT2D eigenvalue weighted by Crippen LogP contribution is 2.31. The lowest BCUT2D eigenvalue weighted by molar-refractivity contribution is 0.512. The van der Waals surface area contributed by atoms with Gasteiger partial charge in [0.25, 0.3) is 0 Å². The van der Waals surface area contributed by atoms with E-state index in [1.165, 1.54) is 12.8 Å². The summed E-state index contributed by atoms with van der Waals surface area (Å²) in [7, 11) is 0. The SMILES string of the molecule is CC1(C)CCCN1c1ccc(Cl)nn1. The van der Waals surface area contributed by atoms with Crippen molar-refractivity contribution in [3.05, 3.63) is 17.3 Å². The van der Waals surface area contributed by atoms with Crippen molar-refractivity contribution in [2.24, 2.45) is 0 Å². The molecule has 3 nitrogen and oxygen atoms in total. The van der Waals surface area contributed by atoms with Gasteiger partial charge >= 0.3 is 0 Å². The van der Waals surface area contributed by atoms with E-state index >= 15 is 0 Å². The summed E-state index contributed by atoms with van der Waals surface area (Å²) in [6.07, 6.45) is 2.43. The Hall–Kier alpha value is -0.830. The average molecular weight is 212 g/mol. The standard InChI is InChI=1S/C10H14ClN3/c1-10(2)6-3-7-14(10)9-5-4-8(11)12-13-9/h4-5H,3,6-7H2,1-2H3. The number of nitrogens with zero attached hydrogens (tertiary/aromatic N) is 3. The van der Waals surface area contributed by atoms with Crippen molar-refractivity contribution in [1.82, 2.24) is 10.2 Å². The fourth-order valence-corrected chi connectivity index (χ4v) is 2.09. The number of hydrogen-bond donors (Lipinski definition) is 0. The van der Waals surface area contributed by atoms with Crippen LogP contribution < -0.4 is 4.90 Å². The van der Waals surface area contributed by atoms with Crippen molar-refractivity contribution in [1.29, 1.82) is 0 Å². The second-order valence-corrected chi connectivity index (χ2v) is 4.67. The Kier molecular flexibility index (Phi) is 2.35. The van der Waals surface area contributed by atoms with Crippen LogP contribution in [0.15, 0.2) is 12.1 Å². The van der Waals surface area contributed by atoms with Crippen molar-refractivity contribution in [2.45, 2.75) is 32.2 Å². The van der Waals surface area contributed by atoms with E-state index in [4.69, 9.17) is 11.6 Å². The molecule has 76 valence electrons. The van der Waals surface area contributed by atoms with Gasteiger partial charge in [-0.05, 0) is 38.8 Å². The first-order chi connectivity index (χ1) is 6.59. The lowest BCUT2D eigenvalue weighted by atomic mass is 10.0. The molecule has 0 bridgehead atoms. The highest BCUT2D eigenvalue weighted by Gasteiger charge is 2.32. The molecule has 0 atom stereocenters. The first-order valence-electron chi connectivity index (χ1n) is 4.86. The van der Waals surface area contributed by atoms with Gasteiger partial charge in [0.15, 0.2) is 11.0 Å². The minimum Gasteiger partial charge on any atom is -0.350 e. The van der Waals surface area contributed by atoms with Crippen LogP contribution in [0.4, 0.5) is 5.82 Å². The van der Waals surface area contributed by atoms with Crippen molar-refractivity contribution < 1.29 is 0 Å². The van der Waals surface area contributed by atoms with Gasteiger partial charge in [0.2, 0.25) is 0 Å². The Morgan fingerprint density at radius 2 is 2.14 bits per heavy atom. The largest absolute Gasteiger partial charge is 0.350 e. The van der Waals surface area contributed by atoms with Crippen LogP contribution in [0, 0.1) is 0 Å². The molecule has 0 N–H and O–H groups in total. The zero-order valence-corrected chi connectivity index (χ0v) is 9.25. The van der Waals surface area contributed by atoms with Crippen molar-refractivity contribution in [3.63, 3.8) is 0 Å². The summed E-state index contributed by atoms with van der Waals surface area (Å²) in [5, 5.41) is 8.41. The van der Waals surface area contributed by atoms with Gasteiger partial charge in [-0.25, -0.2) is 0 Å². The number of aromatic nitrogens is 2. The maximum absolute atomic E-state index is 5.70. The van der Waals surface area contributed by atoms with Gasteiger partial charge in [0.05, 0.1) is 0 Å². The molecule has 0 aliphatic carbocycles. The van der Waals surface area contributed by atoms with E-state index in [1.54, 1.807) is 6.07 Å². The molecule has 0 radical (unpaired) electrons. The fourth-order valence-electron chi connectivity index (χ4n) is 1.98. The molecule has 0 amide bonds. The predicted octanol–water partition coefficient (Wildman–Crippen LogP) is 2.51. The van der Waals surface area contributed by atoms with E-state index in [1.807, 2.05) is 6.07 Å². The summed E-state index contributed by atoms with van der Waals surface area (Å²) in [5.74, 6) is 0.928. The first kappa shape index (κ1) is 9.71. The molecule has 0 spiro atoms. The number of anilines is 1. The number of rotatable bonds is 1. The highest BCUT2D eigenvalue weighted by molar-refractivity contribution is 6.29. The minimum absolute atomic E-state index is 0.197. The molecule has 2 heterocycles. The van der Waals surface area contributed by atoms with Crippen LogP contribution >= 0.6 is 11.6 Å². The topological polar surface area (TPSA) is 29.0 Å². The molecule has 1 aromatic rings. The maximum atomic E-state index is 5.70. The van der Waals surface area contributed by atoms with Crippen LogP contribution in [0.2, 0.25) is 5.15 Å². The molecule has 1 fully saturated rings. The first-order valence-corrected chi connectivity index (χ1v) is 5.24. The van der Waals surface area contributed by atoms with Gasteiger partial charge in [-0.1, -0.05) is 11.6 Å². The van der Waals surface area contributed by atoms with Gasteiger partial charge in [-0.3, -0.25) is 0 Å². The van der Waals surface area contributed by atoms with Crippen LogP contribution in [-0.2, 0) is 0 Å². The lowest BCUT2D eigenvalue weighted by Crippen LogP contribution is -2.38. The second-order valence-electron chi connectivity index (χ2n) is 4.28. The van der Waals surface area contributed by atoms with Gasteiger partial charge in [0, 0.05) is 12.1 Å². The van der Waals surface area contributed by atoms with E-state index in [0.717, 1.165) is 12.4 Å². The highest BCUT2D eigenvalue weighted by atomic mass is 35.5. The van der Waals surface area contributed by atoms with E-state index < -0.39 is 0 Å². The van der Waals surface area contributed by atoms with Gasteiger partial charge in [0.1, 0.15) is 0 Å². The summed E-state index contributed by atoms with van der Waals surface area (Å²) in [5.41, 5.74) is 0.197. The quantitative estimate of drug-likeness (QED) is 0.715. The Balaban J connectivity index is 2.27. The molecule has 1 aromatic heterocycles. The molecular formula is C10H14ClN3. The summed E-state index contributed by atoms with van der Waals surface area (Å²) >= 11 is 5.70. The molecule has 1 saturated heterocycles. The molecule has 14 heavy (non-hydrogen) atoms. The van der Waals surface area contributed by atoms with Crippen molar-refractivity contribution >= 4 is 17.4 Å². The minimum atomic E-state index is 0.197. The molecular weight excluding hydrogens is 198 g/mol. The van der Waals surface area contributed by atoms with E-state index in [2.05, 4.69) is 28.9 Å². The Morgan fingerprint density at radius 1 is 1.36 bits per heavy atom. The summed E-state index contributed by atoms with van der Waals surface area (Å²) in [6.45, 7) is 5.52. The zero-order chi connectivity index (χ0) is 10.2. The van der Waals surface area contributed by atoms with Crippen LogP contribution in [-0.4, -0.2) is 22.3 Å². The Morgan fingerprint density at radius 3 is 2.64 bits per heavy atom. The normalized spacial score (nSPS) is 20.1. The van der Waals surface area contributed by atoms with Crippen LogP contribution in [0.1, 0.15) is 26.7 Å². The average Bonchev–Trinajstić information content (AvgIpc) is 2.47. The van der Waals surface area contributed by atoms with E-state index in [0.29, 0.717) is 5.15 Å². The number of halogens is 1. The summed E-state index contributed by atoms with van der Waals surface area (Å²) in [4.78, 5) is 2.29. The van der Waals surface area contributed by atoms with Crippen LogP contribution in [0.5, 0.6) is 0 Å². The third-order valence-corrected chi connectivity index (χ3v) is 3.00. The molecule has 1 aliphatic heterocycles. The smallest absolute Gasteiger partial charge is 0.151 e. The van der Waals surface area contributed by atoms with E-state index in [9.17, 15) is 0 Å². The monoisotopic (exact) mass is 211 g/mol. The van der Waals surface area contributed by atoms with E-state index in [-0.39, 0.29) is 5.54 Å². The maximum Gasteiger partial charge on any atom is 0.151 e. The van der Waals surface area contributed by atoms with Gasteiger partial charge in [-0.2, -0.15) is 0 Å². The molecule has 1 aliphatic rings. The Labute approximate surface area is 89.1 Å². The van der Waals surface area contributed by atoms with Crippen molar-refractivity contribution in [3.8, 4) is 0 Å². The third-order valence-electron chi connectivity index (χ3n) is 2.80. The molecule has 0 unspecified atom stereocenters. The lowest BCUT2D eigenvalue weighted by Gasteiger charge is -2.32. The van der Waals surface area contributed by atoms with Crippen LogP contribution in [0.25, 0.3) is 0 Å². The van der Waals surface area contributed by atoms with Gasteiger partial charge < -0.3 is 4.90 Å². The fraction of sp³-hybridized carbons (Fsp3) is 0.600. The van der Waals surface area contributed by atoms with Crippen LogP contribution in [0.3, 0.4) is 0 Å². The molecule has 4 heteroatoms. The molecule has 0 saturated carbocycles. The predicted molar refractivity (Wildman–Crippen MR) is 57.7 cm³/mol.